The van der Waals surface area contributed by atoms with Gasteiger partial charge in [0.15, 0.2) is 57.3 Å². The molecule has 13 heterocycles. The smallest absolute Gasteiger partial charge is 0.231 e. The van der Waals surface area contributed by atoms with Crippen LogP contribution in [0.15, 0.2) is 293 Å². The minimum atomic E-state index is -0.0581. The molecule has 0 bridgehead atoms. The maximum absolute atomic E-state index is 12.2. The van der Waals surface area contributed by atoms with E-state index in [4.69, 9.17) is 72.5 Å². The predicted octanol–water partition coefficient (Wildman–Crippen LogP) is 18.5. The first-order chi connectivity index (χ1) is 71.6. The van der Waals surface area contributed by atoms with Gasteiger partial charge in [-0.05, 0) is 133 Å². The molecule has 20 aromatic rings. The van der Waals surface area contributed by atoms with Crippen LogP contribution in [0.25, 0.3) is 78.2 Å². The number of para-hydroxylation sites is 1. The molecule has 0 aliphatic carbocycles. The Morgan fingerprint density at radius 3 is 1.26 bits per heavy atom. The summed E-state index contributed by atoms with van der Waals surface area (Å²) >= 11 is 0. The van der Waals surface area contributed by atoms with Gasteiger partial charge in [-0.3, -0.25) is 13.9 Å². The Hall–Kier alpha value is -18.9. The number of aliphatic hydroxyl groups is 1. The number of aromatic nitrogens is 17. The minimum absolute atomic E-state index is 0.0304. The average molecular weight is 1960 g/mol. The summed E-state index contributed by atoms with van der Waals surface area (Å²) in [5, 5.41) is 33.3. The van der Waals surface area contributed by atoms with Crippen molar-refractivity contribution in [2.75, 3.05) is 118 Å². The number of nitrogens with two attached hydrogens (primary N) is 1. The molecule has 146 heavy (non-hydrogen) atoms. The van der Waals surface area contributed by atoms with Gasteiger partial charge in [0.2, 0.25) is 59.7 Å². The number of rotatable bonds is 33. The van der Waals surface area contributed by atoms with E-state index in [9.17, 15) is 9.90 Å². The number of nitrogens with one attached hydrogen (secondary N) is 6. The second kappa shape index (κ2) is 46.9. The van der Waals surface area contributed by atoms with Crippen LogP contribution in [0.3, 0.4) is 0 Å². The lowest BCUT2D eigenvalue weighted by molar-refractivity contribution is -0.120. The number of amides is 1. The Labute approximate surface area is 839 Å². The molecule has 38 nitrogen and oxygen atoms in total. The number of aryl methyl sites for hydroxylation is 1. The number of pyridine rings is 2. The number of aliphatic hydroxyl groups excluding tert-OH is 1. The van der Waals surface area contributed by atoms with Gasteiger partial charge in [-0.25, -0.2) is 34.9 Å². The largest absolute Gasteiger partial charge is 0.497 e. The normalized spacial score (nSPS) is 11.1. The van der Waals surface area contributed by atoms with Gasteiger partial charge >= 0.3 is 0 Å². The predicted molar refractivity (Wildman–Crippen MR) is 560 cm³/mol. The van der Waals surface area contributed by atoms with Crippen LogP contribution in [-0.2, 0) is 30.8 Å². The van der Waals surface area contributed by atoms with Crippen molar-refractivity contribution in [3.63, 3.8) is 0 Å². The summed E-state index contributed by atoms with van der Waals surface area (Å²) in [4.78, 5) is 66.5. The zero-order valence-electron chi connectivity index (χ0n) is 81.8. The lowest BCUT2D eigenvalue weighted by atomic mass is 10.1. The molecule has 0 radical (unpaired) electrons. The van der Waals surface area contributed by atoms with Crippen LogP contribution in [-0.4, -0.2) is 185 Å². The van der Waals surface area contributed by atoms with Crippen molar-refractivity contribution < 1.29 is 66.7 Å². The van der Waals surface area contributed by atoms with Crippen LogP contribution in [0.1, 0.15) is 35.6 Å². The highest BCUT2D eigenvalue weighted by Crippen LogP contribution is 2.45. The van der Waals surface area contributed by atoms with Gasteiger partial charge in [-0.15, -0.1) is 0 Å². The molecule has 1 aliphatic rings. The number of hydrogen-bond acceptors (Lipinski definition) is 32. The fraction of sp³-hybridized carbons (Fsp3) is 0.176. The van der Waals surface area contributed by atoms with E-state index in [2.05, 4.69) is 124 Å². The molecule has 12 aromatic heterocycles. The first-order valence-corrected chi connectivity index (χ1v) is 46.2. The highest BCUT2D eigenvalue weighted by molar-refractivity contribution is 5.85. The molecule has 0 spiro atoms. The summed E-state index contributed by atoms with van der Waals surface area (Å²) in [5.41, 5.74) is 19.3. The van der Waals surface area contributed by atoms with E-state index in [0.29, 0.717) is 118 Å². The third kappa shape index (κ3) is 23.1. The number of fused-ring (bicyclic) bond motifs is 6. The molecule has 9 N–H and O–H groups in total. The first kappa shape index (κ1) is 98.7. The van der Waals surface area contributed by atoms with Crippen LogP contribution in [0.2, 0.25) is 0 Å². The van der Waals surface area contributed by atoms with Crippen LogP contribution >= 0.6 is 0 Å². The third-order valence-corrected chi connectivity index (χ3v) is 23.2. The molecule has 8 aromatic carbocycles. The lowest BCUT2D eigenvalue weighted by Crippen LogP contribution is -2.27. The fourth-order valence-corrected chi connectivity index (χ4v) is 16.1. The maximum Gasteiger partial charge on any atom is 0.231 e. The van der Waals surface area contributed by atoms with E-state index in [1.807, 2.05) is 219 Å². The Morgan fingerprint density at radius 2 is 0.795 bits per heavy atom. The van der Waals surface area contributed by atoms with E-state index < -0.39 is 0 Å². The zero-order valence-corrected chi connectivity index (χ0v) is 81.8. The molecule has 38 heteroatoms. The lowest BCUT2D eigenvalue weighted by Gasteiger charge is -2.15. The zero-order chi connectivity index (χ0) is 101. The molecule has 0 atom stereocenters. The maximum atomic E-state index is 12.2. The second-order valence-electron chi connectivity index (χ2n) is 32.3. The Bertz CT molecular complexity index is 7840. The second-order valence-corrected chi connectivity index (χ2v) is 32.3. The van der Waals surface area contributed by atoms with Crippen molar-refractivity contribution in [3.8, 4) is 92.0 Å². The van der Waals surface area contributed by atoms with Gasteiger partial charge in [0.05, 0.1) is 89.8 Å². The molecular formula is C108H106N24O14. The van der Waals surface area contributed by atoms with Crippen LogP contribution in [0.4, 0.5) is 58.2 Å². The number of carbonyl (C=O) groups is 1. The first-order valence-electron chi connectivity index (χ1n) is 46.2. The summed E-state index contributed by atoms with van der Waals surface area (Å²) in [5.74, 6) is 10.9. The summed E-state index contributed by atoms with van der Waals surface area (Å²) in [7, 11) is 15.8. The highest BCUT2D eigenvalue weighted by Gasteiger charge is 2.23. The fourth-order valence-electron chi connectivity index (χ4n) is 16.1. The van der Waals surface area contributed by atoms with Crippen molar-refractivity contribution in [1.29, 1.82) is 0 Å². The van der Waals surface area contributed by atoms with Crippen molar-refractivity contribution in [1.82, 2.24) is 88.0 Å². The molecule has 0 unspecified atom stereocenters. The number of anilines is 10. The van der Waals surface area contributed by atoms with Crippen molar-refractivity contribution in [3.05, 3.63) is 315 Å². The van der Waals surface area contributed by atoms with Gasteiger partial charge in [0.25, 0.3) is 0 Å². The molecular weight excluding hydrogens is 1860 g/mol. The van der Waals surface area contributed by atoms with Gasteiger partial charge in [-0.1, -0.05) is 79.7 Å². The summed E-state index contributed by atoms with van der Waals surface area (Å²) < 4.78 is 74.6. The average Bonchev–Trinajstić information content (AvgIpc) is 1.64. The Morgan fingerprint density at radius 1 is 0.377 bits per heavy atom. The highest BCUT2D eigenvalue weighted by atomic mass is 16.7. The number of benzene rings is 8. The van der Waals surface area contributed by atoms with Gasteiger partial charge in [0.1, 0.15) is 34.3 Å². The topological polar surface area (TPSA) is 426 Å². The van der Waals surface area contributed by atoms with Crippen molar-refractivity contribution in [2.24, 2.45) is 5.73 Å². The number of nitrogens with zero attached hydrogens (tertiary/aromatic N) is 17. The van der Waals surface area contributed by atoms with Gasteiger partial charge in [-0.2, -0.15) is 24.9 Å². The van der Waals surface area contributed by atoms with E-state index in [-0.39, 0.29) is 19.3 Å². The monoisotopic (exact) mass is 1960 g/mol. The van der Waals surface area contributed by atoms with Crippen molar-refractivity contribution in [2.45, 2.75) is 39.3 Å². The van der Waals surface area contributed by atoms with E-state index in [1.165, 1.54) is 11.1 Å². The van der Waals surface area contributed by atoms with Gasteiger partial charge in [0, 0.05) is 203 Å². The van der Waals surface area contributed by atoms with Crippen LogP contribution in [0, 0.1) is 0 Å². The Kier molecular flexibility index (Phi) is 31.8. The number of ether oxygens (including phenoxy) is 12. The van der Waals surface area contributed by atoms with E-state index >= 15 is 0 Å². The molecule has 0 saturated heterocycles. The molecule has 21 rings (SSSR count). The third-order valence-electron chi connectivity index (χ3n) is 23.2. The molecule has 742 valence electrons. The summed E-state index contributed by atoms with van der Waals surface area (Å²) in [6, 6.07) is 69.4. The molecule has 0 fully saturated rings. The number of methoxy groups -OCH3 is 10. The quantitative estimate of drug-likeness (QED) is 0.0177. The van der Waals surface area contributed by atoms with Gasteiger partial charge < -0.3 is 113 Å². The van der Waals surface area contributed by atoms with Crippen LogP contribution in [0.5, 0.6) is 69.0 Å². The SMILES string of the molecule is CCc1ccccc1Cn1ccc2cnc(Nc3cc(OC)c(OC)c(OC)c3)nc21.COc1cc(Nc2ncc3ccn(-c4cccc(CC(=O)NCCCN)c4)c3n2)cc(OC)c1OC.COc1cc(Nc2ncc3ccn(-c4ccccc4CO)c3n2)cc(OC)c1OC.COc1cccc(Nc2ncc3ccn(-c4ccccn4)c3n2)c1.c1ccc(-n2ccc3cnc(Nc4ccc5c(c4)OCO5)nc32)nc1. The number of carbonyl (C=O) groups excluding carboxylic acids is 1. The van der Waals surface area contributed by atoms with E-state index in [0.717, 1.165) is 137 Å². The Balaban J connectivity index is 0.000000126. The van der Waals surface area contributed by atoms with Crippen LogP contribution < -0.4 is 94.5 Å². The standard InChI is InChI=1S/C26H30N6O4.C24H26N4O3.C22H22N4O4.C18H13N5O2.C18H15N5O/c1-34-21-14-19(15-22(35-2)24(21)36-3)30-26-29-16-18-8-11-32(25(18)31-26)20-7-4-6-17(12-20)13-23(33)28-10-5-9-27;1-5-16-8-6-7-9-18(16)15-28-11-10-17-14-25-24(27-23(17)28)26-19-12-20(29-2)22(31-4)21(13-19)30-3;1-28-18-10-16(11-19(29-2)20(18)30-3)24-22-23-12-14-8-9-26(21(14)25-22)17-7-5-4-6-15(17)13-27;1-2-7-19-16(3-1)23-8-6-12-10-20-18(22-17(12)23)21-13-4-5-14-15(9-13)25-11-24-14;1-24-15-6-4-5-14(11-15)21-18-20-12-13-8-10-23(17(13)22-18)16-7-2-3-9-19-16/h4,6-8,11-12,14-16H,5,9-10,13,27H2,1-3H3,(H,28,33)(H,29,30,31);6-14H,5,15H2,1-4H3,(H,25,26,27);4-12,27H,13H2,1-3H3,(H,23,24,25);1-10H,11H2,(H,20,21,22);2-12H,1H3,(H,20,21,22). The number of hydrogen-bond donors (Lipinski definition) is 8. The molecule has 1 aliphatic heterocycles. The molecule has 0 saturated carbocycles. The van der Waals surface area contributed by atoms with Crippen molar-refractivity contribution >= 4 is 119 Å². The summed E-state index contributed by atoms with van der Waals surface area (Å²) in [6.07, 6.45) is 24.3. The van der Waals surface area contributed by atoms with E-state index in [1.54, 1.807) is 133 Å². The minimum Gasteiger partial charge on any atom is -0.497 e. The molecule has 1 amide bonds. The summed E-state index contributed by atoms with van der Waals surface area (Å²) in [6.45, 7) is 4.25.